The molecule has 0 spiro atoms. The molecule has 1 amide bonds. The molecule has 0 fully saturated rings. The van der Waals surface area contributed by atoms with E-state index in [4.69, 9.17) is 9.47 Å². The van der Waals surface area contributed by atoms with E-state index < -0.39 is 0 Å². The Labute approximate surface area is 132 Å². The summed E-state index contributed by atoms with van der Waals surface area (Å²) in [4.78, 5) is 22.6. The lowest BCUT2D eigenvalue weighted by molar-refractivity contribution is -0.123. The Balaban J connectivity index is 1.73. The van der Waals surface area contributed by atoms with Gasteiger partial charge in [0.1, 0.15) is 11.2 Å². The van der Waals surface area contributed by atoms with Gasteiger partial charge in [-0.1, -0.05) is 0 Å². The van der Waals surface area contributed by atoms with Crippen LogP contribution in [0, 0.1) is 0 Å². The van der Waals surface area contributed by atoms with E-state index in [1.54, 1.807) is 18.4 Å². The number of ether oxygens (including phenoxy) is 2. The van der Waals surface area contributed by atoms with Crippen LogP contribution in [-0.4, -0.2) is 42.7 Å². The number of rotatable bonds is 6. The van der Waals surface area contributed by atoms with E-state index in [0.29, 0.717) is 19.0 Å². The highest BCUT2D eigenvalue weighted by atomic mass is 32.1. The number of hydrogen-bond acceptors (Lipinski definition) is 6. The quantitative estimate of drug-likeness (QED) is 0.820. The minimum absolute atomic E-state index is 0.0412. The van der Waals surface area contributed by atoms with Crippen molar-refractivity contribution in [2.24, 2.45) is 0 Å². The highest BCUT2D eigenvalue weighted by Gasteiger charge is 2.20. The summed E-state index contributed by atoms with van der Waals surface area (Å²) in [6.45, 7) is 0.924. The molecule has 1 aliphatic rings. The number of amides is 1. The zero-order chi connectivity index (χ0) is 15.4. The normalized spacial score (nSPS) is 13.9. The Morgan fingerprint density at radius 3 is 3.09 bits per heavy atom. The SMILES string of the molecule is COCCNC(=O)COc1ncnc2sc3c(c12)CCCC3. The second-order valence-corrected chi connectivity index (χ2v) is 6.28. The van der Waals surface area contributed by atoms with Gasteiger partial charge in [0, 0.05) is 18.5 Å². The van der Waals surface area contributed by atoms with E-state index in [1.807, 2.05) is 0 Å². The van der Waals surface area contributed by atoms with Gasteiger partial charge < -0.3 is 14.8 Å². The van der Waals surface area contributed by atoms with E-state index in [-0.39, 0.29) is 12.5 Å². The molecule has 2 aromatic rings. The molecule has 0 unspecified atom stereocenters. The average Bonchev–Trinajstić information content (AvgIpc) is 2.92. The van der Waals surface area contributed by atoms with E-state index in [1.165, 1.54) is 29.6 Å². The molecule has 0 radical (unpaired) electrons. The highest BCUT2D eigenvalue weighted by molar-refractivity contribution is 7.18. The van der Waals surface area contributed by atoms with E-state index in [9.17, 15) is 4.79 Å². The number of thiophene rings is 1. The van der Waals surface area contributed by atoms with Gasteiger partial charge in [-0.15, -0.1) is 11.3 Å². The lowest BCUT2D eigenvalue weighted by Crippen LogP contribution is -2.31. The molecule has 0 aliphatic heterocycles. The lowest BCUT2D eigenvalue weighted by Gasteiger charge is -2.12. The molecule has 1 N–H and O–H groups in total. The summed E-state index contributed by atoms with van der Waals surface area (Å²) in [6.07, 6.45) is 6.06. The zero-order valence-corrected chi connectivity index (χ0v) is 13.4. The first-order valence-electron chi connectivity index (χ1n) is 7.43. The van der Waals surface area contributed by atoms with Crippen molar-refractivity contribution in [3.63, 3.8) is 0 Å². The minimum Gasteiger partial charge on any atom is -0.467 e. The molecule has 0 saturated carbocycles. The van der Waals surface area contributed by atoms with Crippen molar-refractivity contribution in [1.29, 1.82) is 0 Å². The largest absolute Gasteiger partial charge is 0.467 e. The summed E-state index contributed by atoms with van der Waals surface area (Å²) in [5, 5.41) is 3.72. The van der Waals surface area contributed by atoms with Crippen LogP contribution in [0.4, 0.5) is 0 Å². The average molecular weight is 321 g/mol. The minimum atomic E-state index is -0.173. The second kappa shape index (κ2) is 7.02. The Bertz CT molecular complexity index is 671. The Hall–Kier alpha value is -1.73. The number of carbonyl (C=O) groups is 1. The number of fused-ring (bicyclic) bond motifs is 3. The molecule has 118 valence electrons. The summed E-state index contributed by atoms with van der Waals surface area (Å²) >= 11 is 1.72. The number of aryl methyl sites for hydroxylation is 2. The summed E-state index contributed by atoms with van der Waals surface area (Å²) in [7, 11) is 1.60. The van der Waals surface area contributed by atoms with Crippen LogP contribution in [0.5, 0.6) is 5.88 Å². The van der Waals surface area contributed by atoms with Gasteiger partial charge in [-0.3, -0.25) is 4.79 Å². The van der Waals surface area contributed by atoms with Crippen LogP contribution in [0.1, 0.15) is 23.3 Å². The summed E-state index contributed by atoms with van der Waals surface area (Å²) in [5.41, 5.74) is 1.31. The Morgan fingerprint density at radius 1 is 1.36 bits per heavy atom. The van der Waals surface area contributed by atoms with Gasteiger partial charge >= 0.3 is 0 Å². The Morgan fingerprint density at radius 2 is 2.23 bits per heavy atom. The fourth-order valence-electron chi connectivity index (χ4n) is 2.65. The fraction of sp³-hybridized carbons (Fsp3) is 0.533. The molecule has 3 rings (SSSR count). The number of carbonyl (C=O) groups excluding carboxylic acids is 1. The van der Waals surface area contributed by atoms with Gasteiger partial charge in [0.2, 0.25) is 5.88 Å². The van der Waals surface area contributed by atoms with Crippen LogP contribution < -0.4 is 10.1 Å². The van der Waals surface area contributed by atoms with Crippen molar-refractivity contribution in [1.82, 2.24) is 15.3 Å². The first-order valence-corrected chi connectivity index (χ1v) is 8.25. The van der Waals surface area contributed by atoms with Crippen LogP contribution in [0.3, 0.4) is 0 Å². The van der Waals surface area contributed by atoms with Gasteiger partial charge in [-0.05, 0) is 31.2 Å². The van der Waals surface area contributed by atoms with Crippen molar-refractivity contribution in [3.05, 3.63) is 16.8 Å². The third-order valence-electron chi connectivity index (χ3n) is 3.68. The summed E-state index contributed by atoms with van der Waals surface area (Å²) < 4.78 is 10.5. The van der Waals surface area contributed by atoms with Crippen LogP contribution in [0.15, 0.2) is 6.33 Å². The molecule has 0 atom stereocenters. The van der Waals surface area contributed by atoms with E-state index in [0.717, 1.165) is 23.1 Å². The number of nitrogens with one attached hydrogen (secondary N) is 1. The van der Waals surface area contributed by atoms with Gasteiger partial charge in [0.05, 0.1) is 12.0 Å². The molecule has 22 heavy (non-hydrogen) atoms. The monoisotopic (exact) mass is 321 g/mol. The molecule has 7 heteroatoms. The molecule has 1 aliphatic carbocycles. The molecular formula is C15H19N3O3S. The van der Waals surface area contributed by atoms with Crippen molar-refractivity contribution >= 4 is 27.5 Å². The van der Waals surface area contributed by atoms with Crippen molar-refractivity contribution < 1.29 is 14.3 Å². The van der Waals surface area contributed by atoms with E-state index >= 15 is 0 Å². The Kier molecular flexibility index (Phi) is 4.84. The molecule has 6 nitrogen and oxygen atoms in total. The van der Waals surface area contributed by atoms with Crippen LogP contribution >= 0.6 is 11.3 Å². The predicted octanol–water partition coefficient (Wildman–Crippen LogP) is 1.71. The van der Waals surface area contributed by atoms with Gasteiger partial charge in [0.15, 0.2) is 6.61 Å². The van der Waals surface area contributed by atoms with Gasteiger partial charge in [-0.2, -0.15) is 0 Å². The summed E-state index contributed by atoms with van der Waals surface area (Å²) in [5.74, 6) is 0.346. The number of hydrogen-bond donors (Lipinski definition) is 1. The molecular weight excluding hydrogens is 302 g/mol. The fourth-order valence-corrected chi connectivity index (χ4v) is 3.87. The van der Waals surface area contributed by atoms with Crippen LogP contribution in [0.25, 0.3) is 10.2 Å². The van der Waals surface area contributed by atoms with Crippen LogP contribution in [-0.2, 0) is 22.4 Å². The maximum absolute atomic E-state index is 11.7. The van der Waals surface area contributed by atoms with Crippen molar-refractivity contribution in [2.75, 3.05) is 26.9 Å². The van der Waals surface area contributed by atoms with Gasteiger partial charge in [0.25, 0.3) is 5.91 Å². The topological polar surface area (TPSA) is 73.3 Å². The smallest absolute Gasteiger partial charge is 0.258 e. The van der Waals surface area contributed by atoms with E-state index in [2.05, 4.69) is 15.3 Å². The van der Waals surface area contributed by atoms with Crippen molar-refractivity contribution in [3.8, 4) is 5.88 Å². The first-order chi connectivity index (χ1) is 10.8. The molecule has 0 aromatic carbocycles. The van der Waals surface area contributed by atoms with Crippen LogP contribution in [0.2, 0.25) is 0 Å². The highest BCUT2D eigenvalue weighted by Crippen LogP contribution is 2.38. The number of methoxy groups -OCH3 is 1. The molecule has 2 heterocycles. The maximum Gasteiger partial charge on any atom is 0.258 e. The molecule has 0 saturated heterocycles. The third kappa shape index (κ3) is 3.20. The second-order valence-electron chi connectivity index (χ2n) is 5.20. The zero-order valence-electron chi connectivity index (χ0n) is 12.6. The maximum atomic E-state index is 11.7. The molecule has 2 aromatic heterocycles. The standard InChI is InChI=1S/C15H19N3O3S/c1-20-7-6-16-12(19)8-21-14-13-10-4-2-3-5-11(10)22-15(13)18-9-17-14/h9H,2-8H2,1H3,(H,16,19). The van der Waals surface area contributed by atoms with Gasteiger partial charge in [-0.25, -0.2) is 9.97 Å². The predicted molar refractivity (Wildman–Crippen MR) is 84.4 cm³/mol. The molecule has 0 bridgehead atoms. The number of aromatic nitrogens is 2. The summed E-state index contributed by atoms with van der Waals surface area (Å²) in [6, 6.07) is 0. The lowest BCUT2D eigenvalue weighted by atomic mass is 9.97. The van der Waals surface area contributed by atoms with Crippen molar-refractivity contribution in [2.45, 2.75) is 25.7 Å². The number of nitrogens with zero attached hydrogens (tertiary/aromatic N) is 2. The third-order valence-corrected chi connectivity index (χ3v) is 4.88. The first kappa shape index (κ1) is 15.2.